The lowest BCUT2D eigenvalue weighted by Gasteiger charge is -2.56. The monoisotopic (exact) mass is 289 g/mol. The van der Waals surface area contributed by atoms with Crippen LogP contribution in [0.2, 0.25) is 0 Å². The molecule has 4 fully saturated rings. The molecule has 1 atom stereocenters. The highest BCUT2D eigenvalue weighted by atomic mass is 32.1. The van der Waals surface area contributed by atoms with Crippen molar-refractivity contribution in [3.63, 3.8) is 0 Å². The average molecular weight is 289 g/mol. The summed E-state index contributed by atoms with van der Waals surface area (Å²) in [7, 11) is 0. The van der Waals surface area contributed by atoms with Crippen LogP contribution in [-0.4, -0.2) is 12.6 Å². The fourth-order valence-electron chi connectivity index (χ4n) is 5.89. The number of likely N-dealkylation sites (N-methyl/N-ethyl adjacent to an activating group) is 1. The van der Waals surface area contributed by atoms with E-state index in [1.54, 1.807) is 37.7 Å². The van der Waals surface area contributed by atoms with Crippen LogP contribution in [0.5, 0.6) is 0 Å². The van der Waals surface area contributed by atoms with Gasteiger partial charge in [0.1, 0.15) is 0 Å². The van der Waals surface area contributed by atoms with Crippen LogP contribution >= 0.6 is 11.3 Å². The van der Waals surface area contributed by atoms with Gasteiger partial charge >= 0.3 is 0 Å². The van der Waals surface area contributed by atoms with E-state index in [4.69, 9.17) is 0 Å². The molecule has 4 saturated carbocycles. The first-order chi connectivity index (χ1) is 9.83. The molecule has 0 spiro atoms. The molecule has 1 aromatic rings. The van der Waals surface area contributed by atoms with Crippen LogP contribution < -0.4 is 5.32 Å². The zero-order valence-electron chi connectivity index (χ0n) is 12.6. The Bertz CT molecular complexity index is 410. The molecule has 0 saturated heterocycles. The first-order valence-electron chi connectivity index (χ1n) is 8.58. The summed E-state index contributed by atoms with van der Waals surface area (Å²) in [5, 5.41) is 8.43. The van der Waals surface area contributed by atoms with Crippen LogP contribution in [0.1, 0.15) is 44.6 Å². The average Bonchev–Trinajstić information content (AvgIpc) is 2.90. The molecule has 0 radical (unpaired) electrons. The van der Waals surface area contributed by atoms with Gasteiger partial charge in [0.15, 0.2) is 0 Å². The van der Waals surface area contributed by atoms with Crippen molar-refractivity contribution in [1.82, 2.24) is 5.32 Å². The molecule has 0 amide bonds. The zero-order valence-corrected chi connectivity index (χ0v) is 13.4. The summed E-state index contributed by atoms with van der Waals surface area (Å²) in [6, 6.07) is 3.05. The minimum absolute atomic E-state index is 0.726. The Labute approximate surface area is 127 Å². The van der Waals surface area contributed by atoms with Crippen molar-refractivity contribution in [2.24, 2.45) is 29.6 Å². The van der Waals surface area contributed by atoms with Crippen molar-refractivity contribution in [1.29, 1.82) is 0 Å². The van der Waals surface area contributed by atoms with Crippen molar-refractivity contribution in [2.45, 2.75) is 51.5 Å². The molecular weight excluding hydrogens is 262 g/mol. The van der Waals surface area contributed by atoms with E-state index in [-0.39, 0.29) is 0 Å². The Kier molecular flexibility index (Phi) is 3.64. The van der Waals surface area contributed by atoms with E-state index in [2.05, 4.69) is 29.1 Å². The smallest absolute Gasteiger partial charge is 0.0141 e. The highest BCUT2D eigenvalue weighted by Gasteiger charge is 2.50. The van der Waals surface area contributed by atoms with Gasteiger partial charge in [0.05, 0.1) is 0 Å². The molecule has 1 N–H and O–H groups in total. The molecule has 2 heteroatoms. The highest BCUT2D eigenvalue weighted by Crippen LogP contribution is 2.57. The molecule has 1 unspecified atom stereocenters. The maximum atomic E-state index is 3.85. The maximum absolute atomic E-state index is 3.85. The van der Waals surface area contributed by atoms with Crippen LogP contribution in [0.4, 0.5) is 0 Å². The summed E-state index contributed by atoms with van der Waals surface area (Å²) in [4.78, 5) is 0. The van der Waals surface area contributed by atoms with Gasteiger partial charge < -0.3 is 5.32 Å². The van der Waals surface area contributed by atoms with E-state index in [1.165, 1.54) is 6.42 Å². The van der Waals surface area contributed by atoms with Crippen LogP contribution in [0.3, 0.4) is 0 Å². The summed E-state index contributed by atoms with van der Waals surface area (Å²) in [6.45, 7) is 3.40. The van der Waals surface area contributed by atoms with Gasteiger partial charge in [-0.2, -0.15) is 11.3 Å². The van der Waals surface area contributed by atoms with Gasteiger partial charge in [-0.05, 0) is 97.0 Å². The second-order valence-corrected chi connectivity index (χ2v) is 8.29. The fourth-order valence-corrected chi connectivity index (χ4v) is 6.58. The summed E-state index contributed by atoms with van der Waals surface area (Å²) < 4.78 is 0. The van der Waals surface area contributed by atoms with Gasteiger partial charge in [-0.3, -0.25) is 0 Å². The Hall–Kier alpha value is -0.340. The summed E-state index contributed by atoms with van der Waals surface area (Å²) in [6.07, 6.45) is 9.00. The van der Waals surface area contributed by atoms with Gasteiger partial charge in [0, 0.05) is 6.04 Å². The summed E-state index contributed by atoms with van der Waals surface area (Å²) in [5.74, 6) is 5.22. The van der Waals surface area contributed by atoms with Crippen molar-refractivity contribution >= 4 is 11.3 Å². The molecule has 20 heavy (non-hydrogen) atoms. The SMILES string of the molecule is CCNC(Cc1ccsc1)C1C2CC3CC(C2)CC1C3. The van der Waals surface area contributed by atoms with Crippen molar-refractivity contribution < 1.29 is 0 Å². The number of thiophene rings is 1. The molecule has 1 nitrogen and oxygen atoms in total. The Morgan fingerprint density at radius 1 is 1.15 bits per heavy atom. The lowest BCUT2D eigenvalue weighted by Crippen LogP contribution is -2.53. The van der Waals surface area contributed by atoms with Gasteiger partial charge in [-0.15, -0.1) is 0 Å². The standard InChI is InChI=1S/C18H27NS/c1-2-19-17(10-12-3-4-20-11-12)18-15-6-13-5-14(8-15)9-16(18)7-13/h3-4,11,13-19H,2,5-10H2,1H3. The molecule has 1 aromatic heterocycles. The van der Waals surface area contributed by atoms with Gasteiger partial charge in [-0.1, -0.05) is 6.92 Å². The van der Waals surface area contributed by atoms with Gasteiger partial charge in [0.2, 0.25) is 0 Å². The van der Waals surface area contributed by atoms with Gasteiger partial charge in [0.25, 0.3) is 0 Å². The third-order valence-electron chi connectivity index (χ3n) is 6.27. The topological polar surface area (TPSA) is 12.0 Å². The van der Waals surface area contributed by atoms with Crippen LogP contribution in [0, 0.1) is 29.6 Å². The fraction of sp³-hybridized carbons (Fsp3) is 0.778. The lowest BCUT2D eigenvalue weighted by molar-refractivity contribution is -0.0515. The minimum Gasteiger partial charge on any atom is -0.314 e. The third kappa shape index (κ3) is 2.35. The van der Waals surface area contributed by atoms with E-state index in [0.717, 1.165) is 42.2 Å². The first-order valence-corrected chi connectivity index (χ1v) is 9.52. The van der Waals surface area contributed by atoms with Crippen molar-refractivity contribution in [3.8, 4) is 0 Å². The van der Waals surface area contributed by atoms with Crippen molar-refractivity contribution in [2.75, 3.05) is 6.54 Å². The Morgan fingerprint density at radius 3 is 2.40 bits per heavy atom. The molecule has 4 aliphatic rings. The molecule has 0 aliphatic heterocycles. The second kappa shape index (κ2) is 5.46. The zero-order chi connectivity index (χ0) is 13.5. The van der Waals surface area contributed by atoms with E-state index in [0.29, 0.717) is 0 Å². The number of rotatable bonds is 5. The number of hydrogen-bond acceptors (Lipinski definition) is 2. The maximum Gasteiger partial charge on any atom is 0.0141 e. The van der Waals surface area contributed by atoms with Gasteiger partial charge in [-0.25, -0.2) is 0 Å². The van der Waals surface area contributed by atoms with Crippen LogP contribution in [-0.2, 0) is 6.42 Å². The lowest BCUT2D eigenvalue weighted by atomic mass is 9.50. The largest absolute Gasteiger partial charge is 0.314 e. The van der Waals surface area contributed by atoms with E-state index >= 15 is 0 Å². The minimum atomic E-state index is 0.726. The quantitative estimate of drug-likeness (QED) is 0.850. The molecule has 4 bridgehead atoms. The Balaban J connectivity index is 1.53. The summed E-state index contributed by atoms with van der Waals surface area (Å²) >= 11 is 1.85. The predicted molar refractivity (Wildman–Crippen MR) is 86.0 cm³/mol. The number of hydrogen-bond donors (Lipinski definition) is 1. The van der Waals surface area contributed by atoms with Crippen LogP contribution in [0.25, 0.3) is 0 Å². The summed E-state index contributed by atoms with van der Waals surface area (Å²) in [5.41, 5.74) is 1.55. The Morgan fingerprint density at radius 2 is 1.85 bits per heavy atom. The molecule has 4 aliphatic carbocycles. The molecule has 5 rings (SSSR count). The predicted octanol–water partition coefficient (Wildman–Crippen LogP) is 4.34. The van der Waals surface area contributed by atoms with Crippen LogP contribution in [0.15, 0.2) is 16.8 Å². The molecule has 110 valence electrons. The van der Waals surface area contributed by atoms with E-state index < -0.39 is 0 Å². The normalized spacial score (nSPS) is 40.1. The molecule has 1 heterocycles. The second-order valence-electron chi connectivity index (χ2n) is 7.51. The molecule has 0 aromatic carbocycles. The first kappa shape index (κ1) is 13.3. The van der Waals surface area contributed by atoms with Crippen molar-refractivity contribution in [3.05, 3.63) is 22.4 Å². The third-order valence-corrected chi connectivity index (χ3v) is 7.00. The molecular formula is C18H27NS. The highest BCUT2D eigenvalue weighted by molar-refractivity contribution is 7.07. The number of nitrogens with one attached hydrogen (secondary N) is 1. The van der Waals surface area contributed by atoms with E-state index in [1.807, 2.05) is 11.3 Å². The van der Waals surface area contributed by atoms with E-state index in [9.17, 15) is 0 Å².